The number of carbonyl (C=O) groups is 1. The van der Waals surface area contributed by atoms with E-state index in [9.17, 15) is 9.90 Å². The second-order valence-corrected chi connectivity index (χ2v) is 10.6. The third-order valence-corrected chi connectivity index (χ3v) is 7.58. The highest BCUT2D eigenvalue weighted by molar-refractivity contribution is 7.98. The number of hydrogen-bond donors (Lipinski definition) is 1. The molecule has 0 spiro atoms. The number of aromatic carboxylic acids is 1. The number of thioether (sulfide) groups is 1. The topological polar surface area (TPSA) is 55.1 Å². The highest BCUT2D eigenvalue weighted by atomic mass is 35.5. The molecule has 0 saturated carbocycles. The van der Waals surface area contributed by atoms with Gasteiger partial charge in [0.1, 0.15) is 5.82 Å². The zero-order valence-electron chi connectivity index (χ0n) is 21.0. The first-order valence-corrected chi connectivity index (χ1v) is 14.1. The summed E-state index contributed by atoms with van der Waals surface area (Å²) < 4.78 is 2.02. The number of benzene rings is 4. The summed E-state index contributed by atoms with van der Waals surface area (Å²) in [5.41, 5.74) is 6.11. The molecule has 0 saturated heterocycles. The Morgan fingerprint density at radius 2 is 1.69 bits per heavy atom. The zero-order valence-corrected chi connectivity index (χ0v) is 23.3. The van der Waals surface area contributed by atoms with E-state index in [1.54, 1.807) is 36.0 Å². The molecular weight excluding hydrogens is 547 g/mol. The van der Waals surface area contributed by atoms with E-state index in [1.807, 2.05) is 41.1 Å². The van der Waals surface area contributed by atoms with E-state index in [1.165, 1.54) is 10.5 Å². The van der Waals surface area contributed by atoms with Gasteiger partial charge in [-0.1, -0.05) is 77.8 Å². The number of carboxylic acids is 1. The summed E-state index contributed by atoms with van der Waals surface area (Å²) in [6.45, 7) is 0.516. The van der Waals surface area contributed by atoms with E-state index in [2.05, 4.69) is 54.8 Å². The molecule has 1 N–H and O–H groups in total. The summed E-state index contributed by atoms with van der Waals surface area (Å²) in [6, 6.07) is 29.1. The number of carboxylic acid groups (broad SMARTS) is 1. The highest BCUT2D eigenvalue weighted by Gasteiger charge is 2.12. The molecule has 1 aromatic heterocycles. The molecule has 0 fully saturated rings. The maximum atomic E-state index is 11.2. The van der Waals surface area contributed by atoms with Crippen LogP contribution in [0.3, 0.4) is 0 Å². The SMILES string of the molecule is CSc1cccc(-c2ccc(/C=C/c3nc(-c4ccc(Cl)cc4Cl)cn3Cc3ccc(C(=O)O)cc3)cc2)c1. The van der Waals surface area contributed by atoms with Gasteiger partial charge in [-0.2, -0.15) is 0 Å². The Morgan fingerprint density at radius 3 is 2.38 bits per heavy atom. The fourth-order valence-electron chi connectivity index (χ4n) is 4.23. The van der Waals surface area contributed by atoms with Crippen molar-refractivity contribution in [3.8, 4) is 22.4 Å². The van der Waals surface area contributed by atoms with Gasteiger partial charge < -0.3 is 9.67 Å². The van der Waals surface area contributed by atoms with Crippen LogP contribution in [0.2, 0.25) is 10.0 Å². The molecule has 0 unspecified atom stereocenters. The molecule has 4 aromatic carbocycles. The van der Waals surface area contributed by atoms with Gasteiger partial charge in [-0.05, 0) is 77.1 Å². The minimum Gasteiger partial charge on any atom is -0.478 e. The molecule has 0 radical (unpaired) electrons. The Kier molecular flexibility index (Phi) is 8.22. The number of hydrogen-bond acceptors (Lipinski definition) is 3. The molecule has 5 aromatic rings. The molecule has 0 bridgehead atoms. The molecule has 194 valence electrons. The van der Waals surface area contributed by atoms with Gasteiger partial charge in [0.05, 0.1) is 16.3 Å². The molecule has 39 heavy (non-hydrogen) atoms. The van der Waals surface area contributed by atoms with E-state index in [-0.39, 0.29) is 5.56 Å². The smallest absolute Gasteiger partial charge is 0.335 e. The van der Waals surface area contributed by atoms with Crippen LogP contribution >= 0.6 is 35.0 Å². The van der Waals surface area contributed by atoms with Crippen molar-refractivity contribution >= 4 is 53.1 Å². The number of imidazole rings is 1. The van der Waals surface area contributed by atoms with Gasteiger partial charge in [0.25, 0.3) is 0 Å². The third-order valence-electron chi connectivity index (χ3n) is 6.31. The predicted molar refractivity (Wildman–Crippen MR) is 163 cm³/mol. The average molecular weight is 572 g/mol. The Labute approximate surface area is 241 Å². The van der Waals surface area contributed by atoms with Crippen LogP contribution in [0, 0.1) is 0 Å². The second-order valence-electron chi connectivity index (χ2n) is 8.93. The molecule has 4 nitrogen and oxygen atoms in total. The standard InChI is InChI=1S/C32H24Cl2N2O2S/c1-39-27-4-2-3-25(17-27)23-10-5-21(6-11-23)9-16-31-35-30(28-15-14-26(33)18-29(28)34)20-36(31)19-22-7-12-24(13-8-22)32(37)38/h2-18,20H,19H2,1H3,(H,37,38)/b16-9+. The second kappa shape index (κ2) is 12.0. The molecule has 0 aliphatic rings. The van der Waals surface area contributed by atoms with Crippen LogP contribution in [0.25, 0.3) is 34.5 Å². The molecule has 0 amide bonds. The Balaban J connectivity index is 1.45. The Bertz CT molecular complexity index is 1660. The first-order valence-electron chi connectivity index (χ1n) is 12.2. The Morgan fingerprint density at radius 1 is 0.923 bits per heavy atom. The van der Waals surface area contributed by atoms with E-state index in [0.29, 0.717) is 16.6 Å². The molecule has 1 heterocycles. The lowest BCUT2D eigenvalue weighted by Crippen LogP contribution is -2.02. The van der Waals surface area contributed by atoms with Crippen LogP contribution in [0.4, 0.5) is 0 Å². The quantitative estimate of drug-likeness (QED) is 0.189. The van der Waals surface area contributed by atoms with Crippen LogP contribution in [-0.4, -0.2) is 26.9 Å². The first-order chi connectivity index (χ1) is 18.9. The number of halogens is 2. The van der Waals surface area contributed by atoms with Crippen LogP contribution in [0.5, 0.6) is 0 Å². The average Bonchev–Trinajstić information content (AvgIpc) is 3.34. The van der Waals surface area contributed by atoms with Crippen molar-refractivity contribution < 1.29 is 9.90 Å². The monoisotopic (exact) mass is 570 g/mol. The maximum Gasteiger partial charge on any atom is 0.335 e. The van der Waals surface area contributed by atoms with Gasteiger partial charge in [-0.15, -0.1) is 11.8 Å². The maximum absolute atomic E-state index is 11.2. The molecule has 0 atom stereocenters. The number of aromatic nitrogens is 2. The van der Waals surface area contributed by atoms with Crippen LogP contribution in [-0.2, 0) is 6.54 Å². The van der Waals surface area contributed by atoms with E-state index >= 15 is 0 Å². The predicted octanol–water partition coefficient (Wildman–Crippen LogP) is 9.16. The summed E-state index contributed by atoms with van der Waals surface area (Å²) in [5, 5.41) is 10.3. The van der Waals surface area contributed by atoms with E-state index in [0.717, 1.165) is 33.8 Å². The lowest BCUT2D eigenvalue weighted by atomic mass is 10.0. The van der Waals surface area contributed by atoms with Crippen molar-refractivity contribution in [3.05, 3.63) is 130 Å². The van der Waals surface area contributed by atoms with Crippen molar-refractivity contribution in [2.45, 2.75) is 11.4 Å². The number of nitrogens with zero attached hydrogens (tertiary/aromatic N) is 2. The van der Waals surface area contributed by atoms with Gasteiger partial charge in [0, 0.05) is 28.2 Å². The van der Waals surface area contributed by atoms with Crippen molar-refractivity contribution in [1.29, 1.82) is 0 Å². The first kappa shape index (κ1) is 26.8. The fourth-order valence-corrected chi connectivity index (χ4v) is 5.19. The summed E-state index contributed by atoms with van der Waals surface area (Å²) in [7, 11) is 0. The number of rotatable bonds is 8. The molecular formula is C32H24Cl2N2O2S. The van der Waals surface area contributed by atoms with Gasteiger partial charge in [0.2, 0.25) is 0 Å². The lowest BCUT2D eigenvalue weighted by molar-refractivity contribution is 0.0697. The summed E-state index contributed by atoms with van der Waals surface area (Å²) in [6.07, 6.45) is 8.03. The normalized spacial score (nSPS) is 11.3. The van der Waals surface area contributed by atoms with Crippen LogP contribution in [0.15, 0.2) is 102 Å². The van der Waals surface area contributed by atoms with Gasteiger partial charge >= 0.3 is 5.97 Å². The Hall–Kier alpha value is -3.77. The summed E-state index contributed by atoms with van der Waals surface area (Å²) >= 11 is 14.3. The minimum atomic E-state index is -0.949. The lowest BCUT2D eigenvalue weighted by Gasteiger charge is -2.06. The minimum absolute atomic E-state index is 0.252. The van der Waals surface area contributed by atoms with Gasteiger partial charge in [0.15, 0.2) is 0 Å². The van der Waals surface area contributed by atoms with Crippen molar-refractivity contribution in [1.82, 2.24) is 9.55 Å². The largest absolute Gasteiger partial charge is 0.478 e. The van der Waals surface area contributed by atoms with Crippen molar-refractivity contribution in [2.75, 3.05) is 6.26 Å². The fraction of sp³-hybridized carbons (Fsp3) is 0.0625. The van der Waals surface area contributed by atoms with E-state index < -0.39 is 5.97 Å². The van der Waals surface area contributed by atoms with Gasteiger partial charge in [-0.25, -0.2) is 9.78 Å². The van der Waals surface area contributed by atoms with Gasteiger partial charge in [-0.3, -0.25) is 0 Å². The molecule has 5 rings (SSSR count). The van der Waals surface area contributed by atoms with Crippen LogP contribution in [0.1, 0.15) is 27.3 Å². The van der Waals surface area contributed by atoms with Crippen molar-refractivity contribution in [3.63, 3.8) is 0 Å². The zero-order chi connectivity index (χ0) is 27.4. The van der Waals surface area contributed by atoms with Crippen molar-refractivity contribution in [2.24, 2.45) is 0 Å². The summed E-state index contributed by atoms with van der Waals surface area (Å²) in [4.78, 5) is 17.3. The van der Waals surface area contributed by atoms with Crippen LogP contribution < -0.4 is 0 Å². The highest BCUT2D eigenvalue weighted by Crippen LogP contribution is 2.31. The third kappa shape index (κ3) is 6.45. The molecule has 0 aliphatic carbocycles. The van der Waals surface area contributed by atoms with E-state index in [4.69, 9.17) is 28.2 Å². The molecule has 0 aliphatic heterocycles. The summed E-state index contributed by atoms with van der Waals surface area (Å²) in [5.74, 6) is -0.203. The molecule has 7 heteroatoms.